The molecule has 2 bridgehead atoms. The molecule has 47 heavy (non-hydrogen) atoms. The van der Waals surface area contributed by atoms with Gasteiger partial charge in [-0.05, 0) is 57.3 Å². The highest BCUT2D eigenvalue weighted by Gasteiger charge is 2.56. The van der Waals surface area contributed by atoms with Crippen molar-refractivity contribution in [2.24, 2.45) is 0 Å². The van der Waals surface area contributed by atoms with Crippen LogP contribution in [0, 0.1) is 0 Å². The number of carbonyl (C=O) groups is 3. The first-order chi connectivity index (χ1) is 23.0. The molecule has 2 heterocycles. The highest BCUT2D eigenvalue weighted by Crippen LogP contribution is 2.47. The molecule has 2 amide bonds. The van der Waals surface area contributed by atoms with Gasteiger partial charge in [-0.25, -0.2) is 14.4 Å². The second-order valence-corrected chi connectivity index (χ2v) is 13.0. The van der Waals surface area contributed by atoms with E-state index in [1.54, 1.807) is 4.90 Å². The topological polar surface area (TPSA) is 94.2 Å². The van der Waals surface area contributed by atoms with Gasteiger partial charge in [0.25, 0.3) is 0 Å². The van der Waals surface area contributed by atoms with Gasteiger partial charge in [0.15, 0.2) is 0 Å². The lowest BCUT2D eigenvalue weighted by Crippen LogP contribution is -2.64. The second-order valence-electron chi connectivity index (χ2n) is 13.0. The van der Waals surface area contributed by atoms with E-state index in [0.717, 1.165) is 33.4 Å². The molecule has 2 atom stereocenters. The number of methoxy groups -OCH3 is 1. The molecule has 2 fully saturated rings. The number of carbonyl (C=O) groups excluding carboxylic acids is 3. The number of hydrogen-bond donors (Lipinski definition) is 1. The van der Waals surface area contributed by atoms with Crippen LogP contribution in [0.15, 0.2) is 97.1 Å². The van der Waals surface area contributed by atoms with Crippen molar-refractivity contribution in [1.29, 1.82) is 0 Å². The number of benzene rings is 4. The molecule has 2 saturated heterocycles. The van der Waals surface area contributed by atoms with Gasteiger partial charge in [0, 0.05) is 36.8 Å². The SMILES string of the molecule is COC(=O)C1(NC(=O)OCC2c3ccccc3-c3ccccc32)CC2CCC(C1)N2C(=O)OCC1c2ccccc2-c2ccccc21. The Morgan fingerprint density at radius 3 is 1.49 bits per heavy atom. The van der Waals surface area contributed by atoms with E-state index >= 15 is 0 Å². The van der Waals surface area contributed by atoms with Gasteiger partial charge in [0.1, 0.15) is 18.8 Å². The Labute approximate surface area is 273 Å². The lowest BCUT2D eigenvalue weighted by molar-refractivity contribution is -0.151. The average molecular weight is 629 g/mol. The Hall–Kier alpha value is -5.11. The molecule has 0 saturated carbocycles. The van der Waals surface area contributed by atoms with Crippen LogP contribution in [0.3, 0.4) is 0 Å². The van der Waals surface area contributed by atoms with Crippen molar-refractivity contribution in [1.82, 2.24) is 10.2 Å². The molecule has 4 aliphatic rings. The third kappa shape index (κ3) is 4.85. The molecule has 8 nitrogen and oxygen atoms in total. The lowest BCUT2D eigenvalue weighted by Gasteiger charge is -2.44. The molecule has 8 rings (SSSR count). The zero-order chi connectivity index (χ0) is 32.1. The summed E-state index contributed by atoms with van der Waals surface area (Å²) < 4.78 is 17.0. The van der Waals surface area contributed by atoms with Gasteiger partial charge >= 0.3 is 18.2 Å². The van der Waals surface area contributed by atoms with E-state index in [2.05, 4.69) is 53.8 Å². The molecule has 0 spiro atoms. The van der Waals surface area contributed by atoms with Crippen molar-refractivity contribution in [3.63, 3.8) is 0 Å². The number of ether oxygens (including phenoxy) is 3. The molecule has 2 aliphatic carbocycles. The van der Waals surface area contributed by atoms with E-state index in [0.29, 0.717) is 12.8 Å². The van der Waals surface area contributed by atoms with Crippen LogP contribution in [-0.2, 0) is 19.0 Å². The van der Waals surface area contributed by atoms with E-state index in [-0.39, 0.29) is 56.1 Å². The fourth-order valence-corrected chi connectivity index (χ4v) is 8.56. The molecule has 2 unspecified atom stereocenters. The van der Waals surface area contributed by atoms with Crippen LogP contribution < -0.4 is 5.32 Å². The smallest absolute Gasteiger partial charge is 0.410 e. The maximum atomic E-state index is 13.6. The number of alkyl carbamates (subject to hydrolysis) is 1. The summed E-state index contributed by atoms with van der Waals surface area (Å²) in [5.74, 6) is -0.679. The van der Waals surface area contributed by atoms with Gasteiger partial charge < -0.3 is 24.4 Å². The molecule has 8 heteroatoms. The summed E-state index contributed by atoms with van der Waals surface area (Å²) >= 11 is 0. The largest absolute Gasteiger partial charge is 0.467 e. The fourth-order valence-electron chi connectivity index (χ4n) is 8.56. The van der Waals surface area contributed by atoms with Crippen LogP contribution in [-0.4, -0.2) is 61.0 Å². The van der Waals surface area contributed by atoms with Crippen molar-refractivity contribution in [3.05, 3.63) is 119 Å². The van der Waals surface area contributed by atoms with Crippen LogP contribution in [0.4, 0.5) is 9.59 Å². The fraction of sp³-hybridized carbons (Fsp3) is 0.308. The molecular weight excluding hydrogens is 592 g/mol. The van der Waals surface area contributed by atoms with Crippen molar-refractivity contribution in [2.75, 3.05) is 20.3 Å². The monoisotopic (exact) mass is 628 g/mol. The summed E-state index contributed by atoms with van der Waals surface area (Å²) in [4.78, 5) is 42.1. The normalized spacial score (nSPS) is 22.1. The summed E-state index contributed by atoms with van der Waals surface area (Å²) in [6.07, 6.45) is 0.806. The Morgan fingerprint density at radius 1 is 0.660 bits per heavy atom. The Kier molecular flexibility index (Phi) is 7.23. The number of hydrogen-bond acceptors (Lipinski definition) is 6. The van der Waals surface area contributed by atoms with E-state index in [9.17, 15) is 14.4 Å². The first-order valence-electron chi connectivity index (χ1n) is 16.3. The first kappa shape index (κ1) is 29.3. The second kappa shape index (κ2) is 11.6. The summed E-state index contributed by atoms with van der Waals surface area (Å²) in [6.45, 7) is 0.360. The van der Waals surface area contributed by atoms with E-state index in [1.165, 1.54) is 18.2 Å². The molecule has 1 N–H and O–H groups in total. The summed E-state index contributed by atoms with van der Waals surface area (Å²) in [5.41, 5.74) is 7.84. The Balaban J connectivity index is 0.948. The number of nitrogens with one attached hydrogen (secondary N) is 1. The van der Waals surface area contributed by atoms with Gasteiger partial charge in [-0.3, -0.25) is 0 Å². The van der Waals surface area contributed by atoms with Crippen molar-refractivity contribution in [3.8, 4) is 22.3 Å². The number of rotatable bonds is 6. The maximum Gasteiger partial charge on any atom is 0.410 e. The predicted octanol–water partition coefficient (Wildman–Crippen LogP) is 7.01. The highest BCUT2D eigenvalue weighted by molar-refractivity contribution is 5.87. The van der Waals surface area contributed by atoms with E-state index < -0.39 is 17.6 Å². The number of amides is 2. The van der Waals surface area contributed by atoms with E-state index in [4.69, 9.17) is 14.2 Å². The summed E-state index contributed by atoms with van der Waals surface area (Å²) in [7, 11) is 1.32. The standard InChI is InChI=1S/C39H36N2O6/c1-45-36(42)39(40-37(43)46-22-34-30-14-6-2-10-26(30)27-11-3-7-15-31(27)34)20-24-18-19-25(21-39)41(24)38(44)47-23-35-32-16-8-4-12-28(32)29-13-5-9-17-33(29)35/h2-17,24-25,34-35H,18-23H2,1H3,(H,40,43). The third-order valence-corrected chi connectivity index (χ3v) is 10.6. The summed E-state index contributed by atoms with van der Waals surface area (Å²) in [5, 5.41) is 2.90. The van der Waals surface area contributed by atoms with E-state index in [1.807, 2.05) is 48.5 Å². The van der Waals surface area contributed by atoms with Crippen LogP contribution >= 0.6 is 0 Å². The molecule has 4 aromatic carbocycles. The minimum Gasteiger partial charge on any atom is -0.467 e. The zero-order valence-electron chi connectivity index (χ0n) is 26.2. The van der Waals surface area contributed by atoms with Gasteiger partial charge in [-0.15, -0.1) is 0 Å². The maximum absolute atomic E-state index is 13.6. The van der Waals surface area contributed by atoms with Crippen LogP contribution in [0.25, 0.3) is 22.3 Å². The van der Waals surface area contributed by atoms with Crippen molar-refractivity contribution < 1.29 is 28.6 Å². The van der Waals surface area contributed by atoms with Crippen LogP contribution in [0.1, 0.15) is 59.8 Å². The number of piperidine rings is 1. The Morgan fingerprint density at radius 2 is 1.06 bits per heavy atom. The quantitative estimate of drug-likeness (QED) is 0.182. The Bertz CT molecular complexity index is 1780. The third-order valence-electron chi connectivity index (χ3n) is 10.6. The van der Waals surface area contributed by atoms with Crippen LogP contribution in [0.5, 0.6) is 0 Å². The van der Waals surface area contributed by atoms with Crippen molar-refractivity contribution >= 4 is 18.2 Å². The predicted molar refractivity (Wildman–Crippen MR) is 176 cm³/mol. The lowest BCUT2D eigenvalue weighted by atomic mass is 9.83. The first-order valence-corrected chi connectivity index (χ1v) is 16.3. The number of fused-ring (bicyclic) bond motifs is 8. The molecule has 0 radical (unpaired) electrons. The molecule has 4 aromatic rings. The van der Waals surface area contributed by atoms with Crippen LogP contribution in [0.2, 0.25) is 0 Å². The minimum atomic E-state index is -1.30. The molecule has 2 aliphatic heterocycles. The van der Waals surface area contributed by atoms with Gasteiger partial charge in [0.2, 0.25) is 0 Å². The number of nitrogens with zero attached hydrogens (tertiary/aromatic N) is 1. The van der Waals surface area contributed by atoms with Gasteiger partial charge in [-0.2, -0.15) is 0 Å². The van der Waals surface area contributed by atoms with Crippen molar-refractivity contribution in [2.45, 2.75) is 55.1 Å². The summed E-state index contributed by atoms with van der Waals surface area (Å²) in [6, 6.07) is 32.2. The minimum absolute atomic E-state index is 0.0433. The number of esters is 1. The molecule has 238 valence electrons. The zero-order valence-corrected chi connectivity index (χ0v) is 26.2. The molecular formula is C39H36N2O6. The molecule has 0 aromatic heterocycles. The average Bonchev–Trinajstić information content (AvgIpc) is 3.71. The van der Waals surface area contributed by atoms with Gasteiger partial charge in [0.05, 0.1) is 7.11 Å². The highest BCUT2D eigenvalue weighted by atomic mass is 16.6. The van der Waals surface area contributed by atoms with Gasteiger partial charge in [-0.1, -0.05) is 97.1 Å².